The van der Waals surface area contributed by atoms with E-state index in [1.165, 1.54) is 12.4 Å². The van der Waals surface area contributed by atoms with E-state index in [4.69, 9.17) is 16.1 Å². The minimum absolute atomic E-state index is 0.0223. The minimum atomic E-state index is -4.97. The van der Waals surface area contributed by atoms with E-state index in [0.29, 0.717) is 22.3 Å². The van der Waals surface area contributed by atoms with E-state index in [9.17, 15) is 26.3 Å². The molecule has 3 aromatic rings. The van der Waals surface area contributed by atoms with Crippen LogP contribution in [0.4, 0.5) is 26.3 Å². The van der Waals surface area contributed by atoms with Gasteiger partial charge in [0.05, 0.1) is 34.3 Å². The molecule has 0 aliphatic rings. The average molecular weight is 441 g/mol. The third-order valence-corrected chi connectivity index (χ3v) is 4.30. The Kier molecular flexibility index (Phi) is 5.53. The molecule has 1 aromatic carbocycles. The summed E-state index contributed by atoms with van der Waals surface area (Å²) < 4.78 is 82.4. The van der Waals surface area contributed by atoms with Crippen LogP contribution < -0.4 is 0 Å². The molecule has 28 heavy (non-hydrogen) atoms. The van der Waals surface area contributed by atoms with Crippen LogP contribution in [0.3, 0.4) is 0 Å². The quantitative estimate of drug-likeness (QED) is 0.303. The van der Waals surface area contributed by atoms with E-state index in [1.54, 1.807) is 0 Å². The van der Waals surface area contributed by atoms with E-state index < -0.39 is 34.9 Å². The number of halogens is 7. The van der Waals surface area contributed by atoms with Crippen molar-refractivity contribution in [3.05, 3.63) is 52.6 Å². The van der Waals surface area contributed by atoms with Crippen LogP contribution in [-0.4, -0.2) is 20.1 Å². The molecule has 0 amide bonds. The largest absolute Gasteiger partial charge is 0.416 e. The summed E-state index contributed by atoms with van der Waals surface area (Å²) >= 11 is 6.74. The molecule has 3 rings (SSSR count). The van der Waals surface area contributed by atoms with Gasteiger partial charge in [0.1, 0.15) is 0 Å². The molecule has 0 radical (unpaired) electrons. The second kappa shape index (κ2) is 7.59. The SMILES string of the molecule is FC(F)(F)c1cc(-c2nc(CSc3ncc(Cl)cn3)no2)cc(C(F)(F)F)c1. The van der Waals surface area contributed by atoms with Crippen molar-refractivity contribution >= 4 is 23.4 Å². The van der Waals surface area contributed by atoms with E-state index in [1.807, 2.05) is 0 Å². The molecule has 2 aromatic heterocycles. The van der Waals surface area contributed by atoms with Crippen LogP contribution in [0.25, 0.3) is 11.5 Å². The Labute approximate surface area is 162 Å². The van der Waals surface area contributed by atoms with Crippen molar-refractivity contribution in [1.82, 2.24) is 20.1 Å². The summed E-state index contributed by atoms with van der Waals surface area (Å²) in [6, 6.07) is 1.05. The molecule has 2 heterocycles. The molecule has 0 aliphatic carbocycles. The number of rotatable bonds is 4. The first-order valence-electron chi connectivity index (χ1n) is 7.25. The fourth-order valence-corrected chi connectivity index (χ4v) is 2.74. The molecule has 0 saturated carbocycles. The Morgan fingerprint density at radius 1 is 0.929 bits per heavy atom. The Balaban J connectivity index is 1.86. The highest BCUT2D eigenvalue weighted by molar-refractivity contribution is 7.98. The van der Waals surface area contributed by atoms with Crippen LogP contribution in [0, 0.1) is 0 Å². The van der Waals surface area contributed by atoms with Gasteiger partial charge >= 0.3 is 12.4 Å². The maximum atomic E-state index is 12.9. The minimum Gasteiger partial charge on any atom is -0.334 e. The van der Waals surface area contributed by atoms with Gasteiger partial charge in [-0.05, 0) is 18.2 Å². The van der Waals surface area contributed by atoms with Crippen LogP contribution in [-0.2, 0) is 18.1 Å². The van der Waals surface area contributed by atoms with Gasteiger partial charge in [0.15, 0.2) is 11.0 Å². The van der Waals surface area contributed by atoms with Crippen molar-refractivity contribution in [2.75, 3.05) is 0 Å². The fraction of sp³-hybridized carbons (Fsp3) is 0.200. The summed E-state index contributed by atoms with van der Waals surface area (Å²) in [5, 5.41) is 4.22. The zero-order chi connectivity index (χ0) is 20.5. The first-order valence-corrected chi connectivity index (χ1v) is 8.61. The van der Waals surface area contributed by atoms with Gasteiger partial charge in [-0.2, -0.15) is 31.3 Å². The molecule has 0 saturated heterocycles. The molecular formula is C15H7ClF6N4OS. The lowest BCUT2D eigenvalue weighted by Crippen LogP contribution is -2.11. The number of alkyl halides is 6. The van der Waals surface area contributed by atoms with E-state index in [2.05, 4.69) is 20.1 Å². The van der Waals surface area contributed by atoms with E-state index in [0.717, 1.165) is 11.8 Å². The Bertz CT molecular complexity index is 942. The average Bonchev–Trinajstić information content (AvgIpc) is 3.08. The lowest BCUT2D eigenvalue weighted by atomic mass is 10.0. The van der Waals surface area contributed by atoms with Crippen molar-refractivity contribution in [2.24, 2.45) is 0 Å². The fourth-order valence-electron chi connectivity index (χ4n) is 2.01. The number of hydrogen-bond acceptors (Lipinski definition) is 6. The van der Waals surface area contributed by atoms with Gasteiger partial charge in [-0.3, -0.25) is 0 Å². The molecule has 0 bridgehead atoms. The molecule has 0 unspecified atom stereocenters. The lowest BCUT2D eigenvalue weighted by Gasteiger charge is -2.12. The summed E-state index contributed by atoms with van der Waals surface area (Å²) in [6.07, 6.45) is -7.22. The van der Waals surface area contributed by atoms with Gasteiger partial charge in [0.25, 0.3) is 5.89 Å². The van der Waals surface area contributed by atoms with Crippen molar-refractivity contribution in [2.45, 2.75) is 23.3 Å². The summed E-state index contributed by atoms with van der Waals surface area (Å²) in [4.78, 5) is 11.7. The summed E-state index contributed by atoms with van der Waals surface area (Å²) in [5.74, 6) is -0.343. The van der Waals surface area contributed by atoms with E-state index in [-0.39, 0.29) is 17.6 Å². The van der Waals surface area contributed by atoms with Gasteiger partial charge in [-0.25, -0.2) is 9.97 Å². The number of hydrogen-bond donors (Lipinski definition) is 0. The maximum absolute atomic E-state index is 12.9. The zero-order valence-electron chi connectivity index (χ0n) is 13.3. The van der Waals surface area contributed by atoms with Gasteiger partial charge in [0.2, 0.25) is 0 Å². The Hall–Kier alpha value is -2.34. The molecule has 0 spiro atoms. The number of thioether (sulfide) groups is 1. The molecule has 13 heteroatoms. The van der Waals surface area contributed by atoms with Crippen LogP contribution in [0.15, 0.2) is 40.3 Å². The first-order chi connectivity index (χ1) is 13.0. The van der Waals surface area contributed by atoms with Crippen LogP contribution in [0.5, 0.6) is 0 Å². The monoisotopic (exact) mass is 440 g/mol. The first kappa shape index (κ1) is 20.4. The predicted octanol–water partition coefficient (Wildman–Crippen LogP) is 5.51. The highest BCUT2D eigenvalue weighted by atomic mass is 35.5. The number of benzene rings is 1. The van der Waals surface area contributed by atoms with Crippen molar-refractivity contribution in [3.8, 4) is 11.5 Å². The van der Waals surface area contributed by atoms with Crippen LogP contribution in [0.1, 0.15) is 17.0 Å². The Morgan fingerprint density at radius 2 is 1.50 bits per heavy atom. The lowest BCUT2D eigenvalue weighted by molar-refractivity contribution is -0.143. The summed E-state index contributed by atoms with van der Waals surface area (Å²) in [5.41, 5.74) is -3.43. The van der Waals surface area contributed by atoms with Crippen molar-refractivity contribution in [1.29, 1.82) is 0 Å². The number of aromatic nitrogens is 4. The smallest absolute Gasteiger partial charge is 0.334 e. The molecule has 148 valence electrons. The van der Waals surface area contributed by atoms with Gasteiger partial charge in [0, 0.05) is 5.56 Å². The molecule has 0 N–H and O–H groups in total. The molecule has 0 atom stereocenters. The summed E-state index contributed by atoms with van der Waals surface area (Å²) in [7, 11) is 0. The summed E-state index contributed by atoms with van der Waals surface area (Å²) in [6.45, 7) is 0. The second-order valence-electron chi connectivity index (χ2n) is 5.28. The zero-order valence-corrected chi connectivity index (χ0v) is 14.9. The highest BCUT2D eigenvalue weighted by Crippen LogP contribution is 2.38. The normalized spacial score (nSPS) is 12.4. The second-order valence-corrected chi connectivity index (χ2v) is 6.66. The van der Waals surface area contributed by atoms with Crippen LogP contribution in [0.2, 0.25) is 5.02 Å². The molecule has 0 aliphatic heterocycles. The van der Waals surface area contributed by atoms with Crippen molar-refractivity contribution in [3.63, 3.8) is 0 Å². The maximum Gasteiger partial charge on any atom is 0.416 e. The number of nitrogens with zero attached hydrogens (tertiary/aromatic N) is 4. The standard InChI is InChI=1S/C15H7ClF6N4OS/c16-10-4-23-13(24-5-10)28-6-11-25-12(27-26-11)7-1-8(14(17,18)19)3-9(2-7)15(20,21)22/h1-5H,6H2. The predicted molar refractivity (Wildman–Crippen MR) is 86.3 cm³/mol. The Morgan fingerprint density at radius 3 is 2.04 bits per heavy atom. The van der Waals surface area contributed by atoms with E-state index >= 15 is 0 Å². The van der Waals surface area contributed by atoms with Crippen LogP contribution >= 0.6 is 23.4 Å². The third kappa shape index (κ3) is 4.93. The molecule has 5 nitrogen and oxygen atoms in total. The topological polar surface area (TPSA) is 64.7 Å². The molecule has 0 fully saturated rings. The van der Waals surface area contributed by atoms with Gasteiger partial charge in [-0.15, -0.1) is 0 Å². The van der Waals surface area contributed by atoms with Gasteiger partial charge in [-0.1, -0.05) is 28.5 Å². The molecular weight excluding hydrogens is 434 g/mol. The third-order valence-electron chi connectivity index (χ3n) is 3.23. The highest BCUT2D eigenvalue weighted by Gasteiger charge is 2.37. The van der Waals surface area contributed by atoms with Crippen molar-refractivity contribution < 1.29 is 30.9 Å². The van der Waals surface area contributed by atoms with Gasteiger partial charge < -0.3 is 4.52 Å².